The Morgan fingerprint density at radius 3 is 2.78 bits per heavy atom. The van der Waals surface area contributed by atoms with Gasteiger partial charge in [-0.1, -0.05) is 12.1 Å². The minimum atomic E-state index is -0.137. The number of hydrogen-bond acceptors (Lipinski definition) is 3. The number of rotatable bonds is 2. The lowest BCUT2D eigenvalue weighted by molar-refractivity contribution is -0.121. The van der Waals surface area contributed by atoms with Gasteiger partial charge in [0, 0.05) is 17.4 Å². The number of Topliss-reactive ketones (excluding diaryl/α,β-unsaturated/α-hetero) is 1. The van der Waals surface area contributed by atoms with Gasteiger partial charge in [0.1, 0.15) is 0 Å². The van der Waals surface area contributed by atoms with Crippen molar-refractivity contribution < 1.29 is 9.59 Å². The molecule has 1 saturated heterocycles. The second-order valence-corrected chi connectivity index (χ2v) is 4.22. The van der Waals surface area contributed by atoms with Gasteiger partial charge in [0.05, 0.1) is 18.7 Å². The van der Waals surface area contributed by atoms with Gasteiger partial charge in [-0.3, -0.25) is 14.7 Å². The van der Waals surface area contributed by atoms with Crippen LogP contribution in [0.15, 0.2) is 36.5 Å². The van der Waals surface area contributed by atoms with Gasteiger partial charge < -0.3 is 4.90 Å². The minimum absolute atomic E-state index is 0.00822. The highest BCUT2D eigenvalue weighted by atomic mass is 16.2. The number of aromatic nitrogens is 2. The fourth-order valence-electron chi connectivity index (χ4n) is 2.08. The first-order valence-corrected chi connectivity index (χ1v) is 5.66. The lowest BCUT2D eigenvalue weighted by atomic mass is 10.1. The smallest absolute Gasteiger partial charge is 0.234 e. The zero-order valence-corrected chi connectivity index (χ0v) is 9.59. The van der Waals surface area contributed by atoms with Crippen molar-refractivity contribution in [1.82, 2.24) is 10.2 Å². The average molecular weight is 241 g/mol. The first-order valence-electron chi connectivity index (χ1n) is 5.66. The van der Waals surface area contributed by atoms with E-state index in [1.807, 2.05) is 30.3 Å². The number of H-pyrrole nitrogens is 1. The van der Waals surface area contributed by atoms with E-state index >= 15 is 0 Å². The Morgan fingerprint density at radius 1 is 1.22 bits per heavy atom. The third-order valence-corrected chi connectivity index (χ3v) is 2.95. The predicted octanol–water partition coefficient (Wildman–Crippen LogP) is 1.38. The van der Waals surface area contributed by atoms with Crippen molar-refractivity contribution >= 4 is 17.4 Å². The fraction of sp³-hybridized carbons (Fsp3) is 0.154. The van der Waals surface area contributed by atoms with Crippen LogP contribution in [0.1, 0.15) is 6.42 Å². The van der Waals surface area contributed by atoms with E-state index in [0.717, 1.165) is 16.9 Å². The predicted molar refractivity (Wildman–Crippen MR) is 66.0 cm³/mol. The zero-order valence-electron chi connectivity index (χ0n) is 9.59. The first-order chi connectivity index (χ1) is 8.74. The Bertz CT molecular complexity index is 604. The molecule has 18 heavy (non-hydrogen) atoms. The van der Waals surface area contributed by atoms with Gasteiger partial charge in [-0.25, -0.2) is 0 Å². The molecule has 1 amide bonds. The van der Waals surface area contributed by atoms with Crippen LogP contribution in [0.5, 0.6) is 0 Å². The summed E-state index contributed by atoms with van der Waals surface area (Å²) in [6, 6.07) is 9.36. The molecule has 0 atom stereocenters. The van der Waals surface area contributed by atoms with Gasteiger partial charge in [-0.15, -0.1) is 0 Å². The van der Waals surface area contributed by atoms with Crippen LogP contribution in [0, 0.1) is 0 Å². The second kappa shape index (κ2) is 4.10. The molecule has 1 N–H and O–H groups in total. The quantitative estimate of drug-likeness (QED) is 0.808. The lowest BCUT2D eigenvalue weighted by Gasteiger charge is -2.15. The maximum atomic E-state index is 11.7. The molecular weight excluding hydrogens is 230 g/mol. The van der Waals surface area contributed by atoms with E-state index in [9.17, 15) is 9.59 Å². The number of amides is 1. The maximum Gasteiger partial charge on any atom is 0.234 e. The Hall–Kier alpha value is -2.43. The normalized spacial score (nSPS) is 15.4. The molecule has 0 saturated carbocycles. The van der Waals surface area contributed by atoms with Crippen LogP contribution in [-0.2, 0) is 9.59 Å². The van der Waals surface area contributed by atoms with Crippen molar-refractivity contribution in [3.63, 3.8) is 0 Å². The molecule has 2 aromatic rings. The van der Waals surface area contributed by atoms with Crippen molar-refractivity contribution in [3.8, 4) is 11.3 Å². The van der Waals surface area contributed by atoms with Crippen LogP contribution in [0.4, 0.5) is 5.69 Å². The second-order valence-electron chi connectivity index (χ2n) is 4.22. The van der Waals surface area contributed by atoms with Gasteiger partial charge in [-0.2, -0.15) is 5.10 Å². The highest BCUT2D eigenvalue weighted by Crippen LogP contribution is 2.25. The Kier molecular flexibility index (Phi) is 2.44. The number of nitrogens with one attached hydrogen (secondary N) is 1. The molecule has 0 unspecified atom stereocenters. The lowest BCUT2D eigenvalue weighted by Crippen LogP contribution is -2.24. The molecule has 0 bridgehead atoms. The zero-order chi connectivity index (χ0) is 12.5. The fourth-order valence-corrected chi connectivity index (χ4v) is 2.08. The SMILES string of the molecule is O=C1CC(=O)N(c2cccc(-c3ccn[nH]3)c2)C1. The van der Waals surface area contributed by atoms with Crippen molar-refractivity contribution in [3.05, 3.63) is 36.5 Å². The van der Waals surface area contributed by atoms with Crippen LogP contribution >= 0.6 is 0 Å². The molecule has 0 aliphatic carbocycles. The average Bonchev–Trinajstić information content (AvgIpc) is 2.99. The van der Waals surface area contributed by atoms with E-state index in [-0.39, 0.29) is 24.7 Å². The number of aromatic amines is 1. The number of carbonyl (C=O) groups excluding carboxylic acids is 2. The van der Waals surface area contributed by atoms with Crippen LogP contribution < -0.4 is 4.90 Å². The number of carbonyl (C=O) groups is 2. The molecule has 90 valence electrons. The van der Waals surface area contributed by atoms with Gasteiger partial charge in [0.25, 0.3) is 0 Å². The van der Waals surface area contributed by atoms with E-state index in [4.69, 9.17) is 0 Å². The standard InChI is InChI=1S/C13H11N3O2/c17-11-7-13(18)16(8-11)10-3-1-2-9(6-10)12-4-5-14-15-12/h1-6H,7-8H2,(H,14,15). The number of benzene rings is 1. The molecule has 1 aromatic heterocycles. The van der Waals surface area contributed by atoms with E-state index in [2.05, 4.69) is 10.2 Å². The highest BCUT2D eigenvalue weighted by Gasteiger charge is 2.28. The largest absolute Gasteiger partial charge is 0.305 e. The van der Waals surface area contributed by atoms with Gasteiger partial charge in [-0.05, 0) is 18.2 Å². The van der Waals surface area contributed by atoms with Gasteiger partial charge in [0.2, 0.25) is 5.91 Å². The molecule has 2 heterocycles. The molecule has 0 radical (unpaired) electrons. The first kappa shape index (κ1) is 10.7. The summed E-state index contributed by atoms with van der Waals surface area (Å²) in [5.41, 5.74) is 2.57. The molecular formula is C13H11N3O2. The minimum Gasteiger partial charge on any atom is -0.305 e. The molecule has 3 rings (SSSR count). The van der Waals surface area contributed by atoms with Crippen LogP contribution in [0.3, 0.4) is 0 Å². The van der Waals surface area contributed by atoms with E-state index in [1.165, 1.54) is 4.90 Å². The monoisotopic (exact) mass is 241 g/mol. The number of ketones is 1. The van der Waals surface area contributed by atoms with Crippen molar-refractivity contribution in [1.29, 1.82) is 0 Å². The third kappa shape index (κ3) is 1.79. The Balaban J connectivity index is 1.97. The summed E-state index contributed by atoms with van der Waals surface area (Å²) in [5.74, 6) is -0.172. The summed E-state index contributed by atoms with van der Waals surface area (Å²) >= 11 is 0. The highest BCUT2D eigenvalue weighted by molar-refractivity contribution is 6.15. The number of nitrogens with zero attached hydrogens (tertiary/aromatic N) is 2. The van der Waals surface area contributed by atoms with Crippen LogP contribution in [0.2, 0.25) is 0 Å². The van der Waals surface area contributed by atoms with Crippen molar-refractivity contribution in [2.45, 2.75) is 6.42 Å². The van der Waals surface area contributed by atoms with Crippen molar-refractivity contribution in [2.24, 2.45) is 0 Å². The third-order valence-electron chi connectivity index (χ3n) is 2.95. The molecule has 5 nitrogen and oxygen atoms in total. The molecule has 1 aromatic carbocycles. The van der Waals surface area contributed by atoms with E-state index in [1.54, 1.807) is 6.20 Å². The molecule has 5 heteroatoms. The summed E-state index contributed by atoms with van der Waals surface area (Å²) in [5, 5.41) is 6.76. The molecule has 1 aliphatic heterocycles. The van der Waals surface area contributed by atoms with Crippen LogP contribution in [0.25, 0.3) is 11.3 Å². The Morgan fingerprint density at radius 2 is 2.11 bits per heavy atom. The summed E-state index contributed by atoms with van der Waals surface area (Å²) < 4.78 is 0. The van der Waals surface area contributed by atoms with Gasteiger partial charge in [0.15, 0.2) is 5.78 Å². The van der Waals surface area contributed by atoms with Crippen molar-refractivity contribution in [2.75, 3.05) is 11.4 Å². The topological polar surface area (TPSA) is 66.1 Å². The summed E-state index contributed by atoms with van der Waals surface area (Å²) in [7, 11) is 0. The Labute approximate surface area is 103 Å². The van der Waals surface area contributed by atoms with E-state index in [0.29, 0.717) is 0 Å². The number of anilines is 1. The molecule has 1 aliphatic rings. The maximum absolute atomic E-state index is 11.7. The number of hydrogen-bond donors (Lipinski definition) is 1. The van der Waals surface area contributed by atoms with E-state index < -0.39 is 0 Å². The van der Waals surface area contributed by atoms with Crippen LogP contribution in [-0.4, -0.2) is 28.4 Å². The molecule has 0 spiro atoms. The summed E-state index contributed by atoms with van der Waals surface area (Å²) in [6.45, 7) is 0.172. The summed E-state index contributed by atoms with van der Waals surface area (Å²) in [4.78, 5) is 24.5. The molecule has 1 fully saturated rings. The van der Waals surface area contributed by atoms with Gasteiger partial charge >= 0.3 is 0 Å². The summed E-state index contributed by atoms with van der Waals surface area (Å²) in [6.07, 6.45) is 1.68.